The minimum atomic E-state index is -3.79. The number of nitrogens with zero attached hydrogens (tertiary/aromatic N) is 2. The number of hydrogen-bond acceptors (Lipinski definition) is 11. The maximum atomic E-state index is 12.4. The maximum Gasteiger partial charge on any atom is 0.266 e. The first-order valence-electron chi connectivity index (χ1n) is 14.3. The first-order valence-corrected chi connectivity index (χ1v) is 27.7. The van der Waals surface area contributed by atoms with Crippen LogP contribution in [0.3, 0.4) is 0 Å². The van der Waals surface area contributed by atoms with Crippen molar-refractivity contribution in [3.63, 3.8) is 0 Å². The van der Waals surface area contributed by atoms with E-state index in [0.29, 0.717) is 16.3 Å². The molecule has 0 N–H and O–H groups in total. The summed E-state index contributed by atoms with van der Waals surface area (Å²) in [7, 11) is 8.17. The fourth-order valence-electron chi connectivity index (χ4n) is 3.72. The van der Waals surface area contributed by atoms with Gasteiger partial charge in [-0.25, -0.2) is 46.5 Å². The van der Waals surface area contributed by atoms with Gasteiger partial charge in [-0.15, -0.1) is 0 Å². The van der Waals surface area contributed by atoms with E-state index in [-0.39, 0.29) is 44.7 Å². The van der Waals surface area contributed by atoms with Gasteiger partial charge in [-0.05, 0) is 80.1 Å². The van der Waals surface area contributed by atoms with E-state index in [9.17, 15) is 46.5 Å². The van der Waals surface area contributed by atoms with Crippen molar-refractivity contribution in [3.05, 3.63) is 127 Å². The predicted octanol–water partition coefficient (Wildman–Crippen LogP) is 10.8. The summed E-state index contributed by atoms with van der Waals surface area (Å²) in [5, 5.41) is 4.81. The van der Waals surface area contributed by atoms with Crippen LogP contribution in [0.2, 0.25) is 25.2 Å². The summed E-state index contributed by atoms with van der Waals surface area (Å²) in [6.45, 7) is 3.17. The summed E-state index contributed by atoms with van der Waals surface area (Å²) in [6, 6.07) is 19.0. The molecule has 0 unspecified atom stereocenters. The summed E-state index contributed by atoms with van der Waals surface area (Å²) in [5.74, 6) is -0.619. The van der Waals surface area contributed by atoms with Gasteiger partial charge in [0.25, 0.3) is 45.3 Å². The van der Waals surface area contributed by atoms with E-state index in [1.54, 1.807) is 32.2 Å². The number of hydrogen-bond donors (Lipinski definition) is 0. The molecule has 1 aromatic heterocycles. The van der Waals surface area contributed by atoms with E-state index in [1.807, 2.05) is 0 Å². The molecule has 4 aromatic carbocycles. The predicted molar refractivity (Wildman–Crippen MR) is 229 cm³/mol. The fourth-order valence-corrected chi connectivity index (χ4v) is 10.9. The highest BCUT2D eigenvalue weighted by atomic mass is 35.7. The van der Waals surface area contributed by atoms with Gasteiger partial charge in [0.2, 0.25) is 0 Å². The van der Waals surface area contributed by atoms with Crippen molar-refractivity contribution in [1.29, 1.82) is 0 Å². The van der Waals surface area contributed by atoms with Crippen molar-refractivity contribution in [2.24, 2.45) is 7.05 Å². The van der Waals surface area contributed by atoms with Crippen LogP contribution in [0.1, 0.15) is 11.3 Å². The van der Waals surface area contributed by atoms with E-state index in [0.717, 1.165) is 12.1 Å². The second-order valence-electron chi connectivity index (χ2n) is 10.4. The molecular formula is C30H23Cl10FN2O10S5. The molecule has 5 rings (SSSR count). The zero-order chi connectivity index (χ0) is 45.2. The Labute approximate surface area is 381 Å². The van der Waals surface area contributed by atoms with E-state index in [1.165, 1.54) is 66.2 Å². The van der Waals surface area contributed by atoms with Crippen LogP contribution in [-0.2, 0) is 52.3 Å². The third kappa shape index (κ3) is 19.2. The van der Waals surface area contributed by atoms with Crippen molar-refractivity contribution >= 4 is 157 Å². The van der Waals surface area contributed by atoms with Gasteiger partial charge in [-0.1, -0.05) is 82.3 Å². The molecule has 0 saturated heterocycles. The largest absolute Gasteiger partial charge is 0.266 e. The molecule has 0 bridgehead atoms. The molecule has 1 heterocycles. The Hall–Kier alpha value is -1.33. The van der Waals surface area contributed by atoms with Gasteiger partial charge in [-0.3, -0.25) is 4.68 Å². The molecule has 0 saturated carbocycles. The summed E-state index contributed by atoms with van der Waals surface area (Å²) < 4.78 is 121. The Morgan fingerprint density at radius 3 is 1.21 bits per heavy atom. The Bertz CT molecular complexity index is 2720. The molecule has 28 heteroatoms. The molecule has 0 fully saturated rings. The lowest BCUT2D eigenvalue weighted by Crippen LogP contribution is -1.94. The Balaban J connectivity index is 0.000000363. The Morgan fingerprint density at radius 1 is 0.500 bits per heavy atom. The zero-order valence-electron chi connectivity index (χ0n) is 28.8. The zero-order valence-corrected chi connectivity index (χ0v) is 40.4. The fraction of sp³-hybridized carbons (Fsp3) is 0.100. The summed E-state index contributed by atoms with van der Waals surface area (Å²) in [4.78, 5) is -0.422. The molecule has 0 aliphatic carbocycles. The monoisotopic (exact) mass is 1100 g/mol. The van der Waals surface area contributed by atoms with Crippen LogP contribution in [0.4, 0.5) is 4.39 Å². The van der Waals surface area contributed by atoms with Gasteiger partial charge in [0, 0.05) is 75.5 Å². The van der Waals surface area contributed by atoms with Crippen molar-refractivity contribution in [2.45, 2.75) is 38.3 Å². The third-order valence-electron chi connectivity index (χ3n) is 6.02. The van der Waals surface area contributed by atoms with E-state index in [4.69, 9.17) is 111 Å². The Morgan fingerprint density at radius 2 is 0.914 bits per heavy atom. The van der Waals surface area contributed by atoms with Crippen LogP contribution in [0.15, 0.2) is 109 Å². The standard InChI is InChI=1S/C7H6Cl2O2S.C6H3Cl3O2S.C6H4Cl2O2S.C6H4ClFO2S.C5H6Cl2N2O2S/c1-5-3-2-4-6(8)7(5)12(9,10)11;7-4-1-5(8)3-6(2-4)12(9,10)11;7-5-2-1-3-6(4-5)11(8,9)10;7-11(9,10)6-3-1-2-5(8)4-6;1-3-4(12(7,10)11)5(6)9(2)8-3/h2-4H,1H3;1-3H;2*1-4H;1-2H3. The van der Waals surface area contributed by atoms with E-state index in [2.05, 4.69) is 5.10 Å². The summed E-state index contributed by atoms with van der Waals surface area (Å²) in [5.41, 5.74) is 0.856. The normalized spacial score (nSPS) is 11.6. The van der Waals surface area contributed by atoms with Crippen LogP contribution >= 0.6 is 111 Å². The quantitative estimate of drug-likeness (QED) is 0.152. The lowest BCUT2D eigenvalue weighted by Gasteiger charge is -2.02. The lowest BCUT2D eigenvalue weighted by atomic mass is 10.2. The maximum absolute atomic E-state index is 12.4. The molecular weight excluding hydrogens is 1080 g/mol. The van der Waals surface area contributed by atoms with Gasteiger partial charge in [0.1, 0.15) is 20.8 Å². The van der Waals surface area contributed by atoms with Crippen LogP contribution in [-0.4, -0.2) is 51.9 Å². The molecule has 0 amide bonds. The molecule has 0 aliphatic rings. The number of aromatic nitrogens is 2. The average molecular weight is 1110 g/mol. The minimum absolute atomic E-state index is 0.00617. The van der Waals surface area contributed by atoms with Gasteiger partial charge >= 0.3 is 0 Å². The van der Waals surface area contributed by atoms with Crippen LogP contribution in [0, 0.1) is 19.7 Å². The van der Waals surface area contributed by atoms with Crippen molar-refractivity contribution in [1.82, 2.24) is 9.78 Å². The van der Waals surface area contributed by atoms with Gasteiger partial charge in [0.15, 0.2) is 0 Å². The van der Waals surface area contributed by atoms with E-state index < -0.39 is 51.1 Å². The van der Waals surface area contributed by atoms with Gasteiger partial charge < -0.3 is 0 Å². The summed E-state index contributed by atoms with van der Waals surface area (Å²) >= 11 is 27.9. The molecule has 0 aliphatic heterocycles. The van der Waals surface area contributed by atoms with Crippen molar-refractivity contribution < 1.29 is 46.5 Å². The number of aryl methyl sites for hydroxylation is 3. The van der Waals surface area contributed by atoms with Crippen molar-refractivity contribution in [3.8, 4) is 0 Å². The molecule has 0 atom stereocenters. The minimum Gasteiger partial charge on any atom is -0.255 e. The lowest BCUT2D eigenvalue weighted by molar-refractivity contribution is 0.602. The second kappa shape index (κ2) is 22.7. The highest BCUT2D eigenvalue weighted by Crippen LogP contribution is 2.28. The summed E-state index contributed by atoms with van der Waals surface area (Å²) in [6.07, 6.45) is 0. The Kier molecular flexibility index (Phi) is 21.4. The number of benzene rings is 4. The first kappa shape index (κ1) is 54.7. The van der Waals surface area contributed by atoms with Crippen LogP contribution in [0.5, 0.6) is 0 Å². The first-order chi connectivity index (χ1) is 26.2. The SMILES string of the molecule is Cc1cccc(Cl)c1S(=O)(=O)Cl.Cc1nn(C)c(Cl)c1S(=O)(=O)Cl.O=S(=O)(Cl)c1cc(Cl)cc(Cl)c1.O=S(=O)(Cl)c1cccc(Cl)c1.O=S(=O)(Cl)c1cccc(F)c1. The molecule has 320 valence electrons. The second-order valence-corrected chi connectivity index (χ2v) is 25.2. The molecule has 12 nitrogen and oxygen atoms in total. The van der Waals surface area contributed by atoms with Crippen molar-refractivity contribution in [2.75, 3.05) is 0 Å². The van der Waals surface area contributed by atoms with Gasteiger partial charge in [-0.2, -0.15) is 5.10 Å². The molecule has 0 radical (unpaired) electrons. The molecule has 5 aromatic rings. The highest BCUT2D eigenvalue weighted by molar-refractivity contribution is 8.15. The van der Waals surface area contributed by atoms with E-state index >= 15 is 0 Å². The average Bonchev–Trinajstić information content (AvgIpc) is 3.30. The third-order valence-corrected chi connectivity index (χ3v) is 14.6. The number of rotatable bonds is 5. The smallest absolute Gasteiger partial charge is 0.255 e. The van der Waals surface area contributed by atoms with Gasteiger partial charge in [0.05, 0.1) is 25.4 Å². The highest BCUT2D eigenvalue weighted by Gasteiger charge is 2.22. The number of halogens is 11. The van der Waals surface area contributed by atoms with Crippen LogP contribution in [0.25, 0.3) is 0 Å². The topological polar surface area (TPSA) is 189 Å². The molecule has 0 spiro atoms. The molecule has 58 heavy (non-hydrogen) atoms. The van der Waals surface area contributed by atoms with Crippen LogP contribution < -0.4 is 0 Å².